The molecule has 0 amide bonds. The van der Waals surface area contributed by atoms with Gasteiger partial charge in [0.05, 0.1) is 0 Å². The molecule has 0 saturated carbocycles. The van der Waals surface area contributed by atoms with E-state index in [4.69, 9.17) is 10.2 Å². The number of carboxylic acids is 1. The number of unbranched alkanes of at least 4 members (excludes halogenated alkanes) is 6. The van der Waals surface area contributed by atoms with Crippen LogP contribution in [0.4, 0.5) is 0 Å². The van der Waals surface area contributed by atoms with Crippen molar-refractivity contribution in [1.82, 2.24) is 0 Å². The Balaban J connectivity index is 3.05. The number of aliphatic hydroxyl groups is 1. The molecule has 0 saturated heterocycles. The van der Waals surface area contributed by atoms with Crippen LogP contribution in [-0.2, 0) is 4.79 Å². The molecule has 0 radical (unpaired) electrons. The Labute approximate surface area is 98.2 Å². The lowest BCUT2D eigenvalue weighted by Crippen LogP contribution is -1.93. The normalized spacial score (nSPS) is 11.1. The van der Waals surface area contributed by atoms with Gasteiger partial charge < -0.3 is 10.2 Å². The minimum absolute atomic E-state index is 0.289. The lowest BCUT2D eigenvalue weighted by Gasteiger charge is -1.97. The number of carbonyl (C=O) groups is 1. The third-order valence-electron chi connectivity index (χ3n) is 2.46. The lowest BCUT2D eigenvalue weighted by atomic mass is 10.1. The average Bonchev–Trinajstić information content (AvgIpc) is 2.25. The molecule has 0 aromatic carbocycles. The average molecular weight is 228 g/mol. The number of aliphatic carboxylic acids is 1. The molecule has 0 rings (SSSR count). The Hall–Kier alpha value is -0.830. The highest BCUT2D eigenvalue weighted by Gasteiger charge is 1.95. The van der Waals surface area contributed by atoms with Crippen LogP contribution in [0.1, 0.15) is 57.8 Å². The van der Waals surface area contributed by atoms with Crippen LogP contribution >= 0.6 is 0 Å². The Morgan fingerprint density at radius 1 is 0.875 bits per heavy atom. The van der Waals surface area contributed by atoms with Crippen LogP contribution in [0.2, 0.25) is 0 Å². The van der Waals surface area contributed by atoms with Crippen molar-refractivity contribution in [3.63, 3.8) is 0 Å². The van der Waals surface area contributed by atoms with E-state index in [1.807, 2.05) is 0 Å². The highest BCUT2D eigenvalue weighted by molar-refractivity contribution is 5.66. The molecule has 2 N–H and O–H groups in total. The minimum atomic E-state index is -0.691. The Kier molecular flexibility index (Phi) is 11.6. The number of allylic oxidation sites excluding steroid dienone is 2. The summed E-state index contributed by atoms with van der Waals surface area (Å²) in [7, 11) is 0. The first kappa shape index (κ1) is 15.2. The summed E-state index contributed by atoms with van der Waals surface area (Å²) in [6.07, 6.45) is 12.8. The van der Waals surface area contributed by atoms with Crippen LogP contribution in [-0.4, -0.2) is 22.8 Å². The Morgan fingerprint density at radius 2 is 1.44 bits per heavy atom. The molecule has 0 spiro atoms. The Bertz CT molecular complexity index is 188. The van der Waals surface area contributed by atoms with E-state index in [0.29, 0.717) is 6.42 Å². The largest absolute Gasteiger partial charge is 0.481 e. The maximum Gasteiger partial charge on any atom is 0.303 e. The molecule has 0 aromatic rings. The van der Waals surface area contributed by atoms with Gasteiger partial charge in [0.15, 0.2) is 0 Å². The van der Waals surface area contributed by atoms with E-state index >= 15 is 0 Å². The standard InChI is InChI=1S/C13H24O3/c14-12-10-8-6-4-2-1-3-5-7-9-11-13(15)16/h2,4,14H,1,3,5-12H2,(H,15,16)/b4-2+. The van der Waals surface area contributed by atoms with E-state index in [9.17, 15) is 4.79 Å². The zero-order valence-corrected chi connectivity index (χ0v) is 10.0. The van der Waals surface area contributed by atoms with E-state index in [1.54, 1.807) is 0 Å². The number of rotatable bonds is 11. The summed E-state index contributed by atoms with van der Waals surface area (Å²) < 4.78 is 0. The van der Waals surface area contributed by atoms with Crippen LogP contribution in [0.5, 0.6) is 0 Å². The molecule has 0 bridgehead atoms. The molecular formula is C13H24O3. The van der Waals surface area contributed by atoms with Crippen molar-refractivity contribution in [2.24, 2.45) is 0 Å². The molecule has 3 nitrogen and oxygen atoms in total. The number of aliphatic hydroxyl groups excluding tert-OH is 1. The summed E-state index contributed by atoms with van der Waals surface area (Å²) in [5, 5.41) is 17.0. The van der Waals surface area contributed by atoms with E-state index in [1.165, 1.54) is 0 Å². The van der Waals surface area contributed by atoms with Gasteiger partial charge in [0, 0.05) is 13.0 Å². The van der Waals surface area contributed by atoms with Gasteiger partial charge in [0.1, 0.15) is 0 Å². The van der Waals surface area contributed by atoms with Gasteiger partial charge in [0.2, 0.25) is 0 Å². The van der Waals surface area contributed by atoms with Crippen molar-refractivity contribution in [2.45, 2.75) is 57.8 Å². The summed E-state index contributed by atoms with van der Waals surface area (Å²) >= 11 is 0. The molecule has 16 heavy (non-hydrogen) atoms. The predicted molar refractivity (Wildman–Crippen MR) is 65.4 cm³/mol. The van der Waals surface area contributed by atoms with E-state index in [2.05, 4.69) is 12.2 Å². The van der Waals surface area contributed by atoms with E-state index in [-0.39, 0.29) is 6.61 Å². The first-order valence-corrected chi connectivity index (χ1v) is 6.25. The summed E-state index contributed by atoms with van der Waals surface area (Å²) in [5.41, 5.74) is 0. The Morgan fingerprint density at radius 3 is 2.00 bits per heavy atom. The van der Waals surface area contributed by atoms with Crippen molar-refractivity contribution in [3.05, 3.63) is 12.2 Å². The van der Waals surface area contributed by atoms with Crippen molar-refractivity contribution in [3.8, 4) is 0 Å². The maximum atomic E-state index is 10.2. The van der Waals surface area contributed by atoms with Gasteiger partial charge >= 0.3 is 5.97 Å². The van der Waals surface area contributed by atoms with Crippen molar-refractivity contribution in [1.29, 1.82) is 0 Å². The second kappa shape index (κ2) is 12.2. The van der Waals surface area contributed by atoms with Crippen LogP contribution in [0.15, 0.2) is 12.2 Å². The van der Waals surface area contributed by atoms with E-state index < -0.39 is 5.97 Å². The molecule has 0 aliphatic carbocycles. The molecule has 0 heterocycles. The highest BCUT2D eigenvalue weighted by Crippen LogP contribution is 2.06. The third kappa shape index (κ3) is 13.2. The number of hydrogen-bond acceptors (Lipinski definition) is 2. The molecule has 0 aromatic heterocycles. The number of hydrogen-bond donors (Lipinski definition) is 2. The summed E-state index contributed by atoms with van der Waals surface area (Å²) in [6.45, 7) is 0.289. The molecule has 0 unspecified atom stereocenters. The maximum absolute atomic E-state index is 10.2. The molecule has 0 atom stereocenters. The van der Waals surface area contributed by atoms with Crippen LogP contribution in [0.25, 0.3) is 0 Å². The molecular weight excluding hydrogens is 204 g/mol. The molecule has 94 valence electrons. The monoisotopic (exact) mass is 228 g/mol. The zero-order chi connectivity index (χ0) is 12.1. The topological polar surface area (TPSA) is 57.5 Å². The van der Waals surface area contributed by atoms with Gasteiger partial charge in [-0.15, -0.1) is 0 Å². The molecule has 0 aliphatic heterocycles. The first-order chi connectivity index (χ1) is 7.77. The van der Waals surface area contributed by atoms with Crippen LogP contribution in [0.3, 0.4) is 0 Å². The van der Waals surface area contributed by atoms with Crippen molar-refractivity contribution >= 4 is 5.97 Å². The predicted octanol–water partition coefficient (Wildman–Crippen LogP) is 3.13. The van der Waals surface area contributed by atoms with Gasteiger partial charge in [-0.25, -0.2) is 0 Å². The van der Waals surface area contributed by atoms with E-state index in [0.717, 1.165) is 51.4 Å². The quantitative estimate of drug-likeness (QED) is 0.422. The van der Waals surface area contributed by atoms with Crippen molar-refractivity contribution in [2.75, 3.05) is 6.61 Å². The third-order valence-corrected chi connectivity index (χ3v) is 2.46. The lowest BCUT2D eigenvalue weighted by molar-refractivity contribution is -0.137. The van der Waals surface area contributed by atoms with Gasteiger partial charge in [0.25, 0.3) is 0 Å². The fraction of sp³-hybridized carbons (Fsp3) is 0.769. The van der Waals surface area contributed by atoms with Crippen molar-refractivity contribution < 1.29 is 15.0 Å². The van der Waals surface area contributed by atoms with Gasteiger partial charge in [-0.05, 0) is 38.5 Å². The van der Waals surface area contributed by atoms with Crippen LogP contribution < -0.4 is 0 Å². The SMILES string of the molecule is O=C(O)CCCCCC/C=C/CCCCO. The zero-order valence-electron chi connectivity index (χ0n) is 10.0. The summed E-state index contributed by atoms with van der Waals surface area (Å²) in [6, 6.07) is 0. The fourth-order valence-electron chi connectivity index (χ4n) is 1.50. The number of carboxylic acid groups (broad SMARTS) is 1. The van der Waals surface area contributed by atoms with Crippen LogP contribution in [0, 0.1) is 0 Å². The second-order valence-corrected chi connectivity index (χ2v) is 4.04. The fourth-order valence-corrected chi connectivity index (χ4v) is 1.50. The smallest absolute Gasteiger partial charge is 0.303 e. The molecule has 0 aliphatic rings. The first-order valence-electron chi connectivity index (χ1n) is 6.25. The van der Waals surface area contributed by atoms with Gasteiger partial charge in [-0.3, -0.25) is 4.79 Å². The minimum Gasteiger partial charge on any atom is -0.481 e. The summed E-state index contributed by atoms with van der Waals surface area (Å²) in [5.74, 6) is -0.691. The van der Waals surface area contributed by atoms with Gasteiger partial charge in [-0.2, -0.15) is 0 Å². The molecule has 3 heteroatoms. The summed E-state index contributed by atoms with van der Waals surface area (Å²) in [4.78, 5) is 10.2. The molecule has 0 fully saturated rings. The highest BCUT2D eigenvalue weighted by atomic mass is 16.4. The van der Waals surface area contributed by atoms with Gasteiger partial charge in [-0.1, -0.05) is 25.0 Å². The second-order valence-electron chi connectivity index (χ2n) is 4.04.